The Labute approximate surface area is 67.3 Å². The van der Waals surface area contributed by atoms with E-state index in [1.165, 1.54) is 6.08 Å². The fraction of sp³-hybridized carbons (Fsp3) is 0.556. The number of rotatable bonds is 4. The van der Waals surface area contributed by atoms with Gasteiger partial charge in [-0.2, -0.15) is 0 Å². The highest BCUT2D eigenvalue weighted by molar-refractivity contribution is 5.89. The average molecular weight is 154 g/mol. The summed E-state index contributed by atoms with van der Waals surface area (Å²) in [6.07, 6.45) is 4.41. The lowest BCUT2D eigenvalue weighted by Crippen LogP contribution is -2.09. The van der Waals surface area contributed by atoms with Crippen molar-refractivity contribution in [1.29, 1.82) is 0 Å². The molecule has 2 heteroatoms. The van der Waals surface area contributed by atoms with Crippen molar-refractivity contribution in [3.63, 3.8) is 0 Å². The molecule has 0 aromatic carbocycles. The molecular weight excluding hydrogens is 140 g/mol. The Hall–Kier alpha value is -0.920. The number of hydrogen-bond donors (Lipinski definition) is 0. The Morgan fingerprint density at radius 1 is 1.45 bits per heavy atom. The summed E-state index contributed by atoms with van der Waals surface area (Å²) in [5.74, 6) is 0.0555. The van der Waals surface area contributed by atoms with Crippen LogP contribution in [-0.4, -0.2) is 12.1 Å². The van der Waals surface area contributed by atoms with Gasteiger partial charge in [-0.25, -0.2) is 0 Å². The quantitative estimate of drug-likeness (QED) is 0.456. The Morgan fingerprint density at radius 2 is 2.00 bits per heavy atom. The molecule has 0 aliphatic carbocycles. The summed E-state index contributed by atoms with van der Waals surface area (Å²) in [6.45, 7) is 5.32. The molecule has 0 aliphatic heterocycles. The molecule has 0 aliphatic rings. The fourth-order valence-corrected chi connectivity index (χ4v) is 0.465. The van der Waals surface area contributed by atoms with E-state index in [9.17, 15) is 9.59 Å². The van der Waals surface area contributed by atoms with Crippen LogP contribution >= 0.6 is 0 Å². The van der Waals surface area contributed by atoms with Crippen LogP contribution in [0.3, 0.4) is 0 Å². The monoisotopic (exact) mass is 154 g/mol. The first kappa shape index (κ1) is 10.1. The first-order chi connectivity index (χ1) is 5.02. The molecular formula is C9H14O2. The number of allylic oxidation sites excluding steroid dienone is 2. The second-order valence-corrected chi connectivity index (χ2v) is 3.09. The molecule has 0 radical (unpaired) electrons. The lowest BCUT2D eigenvalue weighted by Gasteiger charge is -2.08. The van der Waals surface area contributed by atoms with Crippen LogP contribution < -0.4 is 0 Å². The predicted octanol–water partition coefficient (Wildman–Crippen LogP) is 1.75. The minimum Gasteiger partial charge on any atom is -0.302 e. The number of hydrogen-bond acceptors (Lipinski definition) is 2. The maximum absolute atomic E-state index is 10.8. The summed E-state index contributed by atoms with van der Waals surface area (Å²) in [7, 11) is 0. The zero-order chi connectivity index (χ0) is 8.91. The van der Waals surface area contributed by atoms with Crippen molar-refractivity contribution >= 4 is 12.1 Å². The molecule has 0 bridgehead atoms. The van der Waals surface area contributed by atoms with E-state index >= 15 is 0 Å². The van der Waals surface area contributed by atoms with Gasteiger partial charge in [0, 0.05) is 11.8 Å². The number of aldehydes is 1. The lowest BCUT2D eigenvalue weighted by molar-refractivity contribution is -0.114. The lowest BCUT2D eigenvalue weighted by atomic mass is 9.95. The van der Waals surface area contributed by atoms with Gasteiger partial charge >= 0.3 is 0 Å². The molecule has 0 rings (SSSR count). The molecule has 0 saturated heterocycles. The summed E-state index contributed by atoms with van der Waals surface area (Å²) < 4.78 is 0. The van der Waals surface area contributed by atoms with E-state index in [0.29, 0.717) is 6.42 Å². The van der Waals surface area contributed by atoms with Crippen LogP contribution in [0.15, 0.2) is 12.2 Å². The molecule has 0 spiro atoms. The van der Waals surface area contributed by atoms with Crippen LogP contribution in [0.2, 0.25) is 0 Å². The van der Waals surface area contributed by atoms with Crippen molar-refractivity contribution in [3.05, 3.63) is 12.2 Å². The summed E-state index contributed by atoms with van der Waals surface area (Å²) in [5, 5.41) is 0. The summed E-state index contributed by atoms with van der Waals surface area (Å²) in [5.41, 5.74) is -0.509. The summed E-state index contributed by atoms with van der Waals surface area (Å²) in [6, 6.07) is 0. The van der Waals surface area contributed by atoms with Crippen molar-refractivity contribution in [1.82, 2.24) is 0 Å². The topological polar surface area (TPSA) is 34.1 Å². The van der Waals surface area contributed by atoms with Gasteiger partial charge in [-0.1, -0.05) is 13.0 Å². The molecule has 0 saturated carbocycles. The van der Waals surface area contributed by atoms with E-state index in [1.807, 2.05) is 0 Å². The van der Waals surface area contributed by atoms with Gasteiger partial charge in [0.25, 0.3) is 0 Å². The maximum Gasteiger partial charge on any atom is 0.155 e. The van der Waals surface area contributed by atoms with Crippen LogP contribution in [-0.2, 0) is 9.59 Å². The smallest absolute Gasteiger partial charge is 0.155 e. The minimum atomic E-state index is -0.509. The van der Waals surface area contributed by atoms with Gasteiger partial charge in [-0.3, -0.25) is 4.79 Å². The van der Waals surface area contributed by atoms with Gasteiger partial charge < -0.3 is 4.79 Å². The molecule has 62 valence electrons. The second kappa shape index (κ2) is 4.06. The molecule has 0 aromatic rings. The zero-order valence-electron chi connectivity index (χ0n) is 7.26. The third-order valence-electron chi connectivity index (χ3n) is 1.35. The number of carbonyl (C=O) groups is 2. The highest BCUT2D eigenvalue weighted by Crippen LogP contribution is 2.12. The third kappa shape index (κ3) is 4.48. The van der Waals surface area contributed by atoms with Crippen LogP contribution in [0.5, 0.6) is 0 Å². The highest BCUT2D eigenvalue weighted by atomic mass is 16.1. The van der Waals surface area contributed by atoms with Crippen LogP contribution in [0.1, 0.15) is 27.2 Å². The van der Waals surface area contributed by atoms with Crippen molar-refractivity contribution in [2.75, 3.05) is 0 Å². The molecule has 11 heavy (non-hydrogen) atoms. The van der Waals surface area contributed by atoms with E-state index in [2.05, 4.69) is 0 Å². The molecule has 2 nitrogen and oxygen atoms in total. The molecule has 0 fully saturated rings. The van der Waals surface area contributed by atoms with E-state index in [1.54, 1.807) is 26.8 Å². The van der Waals surface area contributed by atoms with E-state index in [0.717, 1.165) is 6.29 Å². The Balaban J connectivity index is 4.11. The molecule has 0 atom stereocenters. The van der Waals surface area contributed by atoms with Gasteiger partial charge in [0.15, 0.2) is 5.78 Å². The van der Waals surface area contributed by atoms with Crippen LogP contribution in [0.4, 0.5) is 0 Å². The molecule has 0 amide bonds. The normalized spacial score (nSPS) is 11.9. The minimum absolute atomic E-state index is 0.0555. The maximum atomic E-state index is 10.8. The first-order valence-corrected chi connectivity index (χ1v) is 3.70. The zero-order valence-corrected chi connectivity index (χ0v) is 7.26. The fourth-order valence-electron chi connectivity index (χ4n) is 0.465. The Bertz CT molecular complexity index is 178. The van der Waals surface area contributed by atoms with Gasteiger partial charge in [0.05, 0.1) is 0 Å². The molecule has 0 N–H and O–H groups in total. The van der Waals surface area contributed by atoms with E-state index in [4.69, 9.17) is 0 Å². The number of carbonyl (C=O) groups excluding carboxylic acids is 2. The third-order valence-corrected chi connectivity index (χ3v) is 1.35. The van der Waals surface area contributed by atoms with Crippen molar-refractivity contribution in [2.45, 2.75) is 27.2 Å². The van der Waals surface area contributed by atoms with Crippen LogP contribution in [0.25, 0.3) is 0 Å². The van der Waals surface area contributed by atoms with Crippen molar-refractivity contribution < 1.29 is 9.59 Å². The average Bonchev–Trinajstić information content (AvgIpc) is 2.00. The van der Waals surface area contributed by atoms with Crippen molar-refractivity contribution in [2.24, 2.45) is 5.41 Å². The summed E-state index contributed by atoms with van der Waals surface area (Å²) in [4.78, 5) is 21.1. The Kier molecular flexibility index (Phi) is 3.72. The SMILES string of the molecule is CCC(=O)/C=C/C(C)(C)C=O. The predicted molar refractivity (Wildman–Crippen MR) is 44.3 cm³/mol. The summed E-state index contributed by atoms with van der Waals surface area (Å²) >= 11 is 0. The largest absolute Gasteiger partial charge is 0.302 e. The number of ketones is 1. The molecule has 0 heterocycles. The van der Waals surface area contributed by atoms with Gasteiger partial charge in [0.2, 0.25) is 0 Å². The van der Waals surface area contributed by atoms with E-state index in [-0.39, 0.29) is 5.78 Å². The van der Waals surface area contributed by atoms with E-state index < -0.39 is 5.41 Å². The van der Waals surface area contributed by atoms with Gasteiger partial charge in [-0.15, -0.1) is 0 Å². The Morgan fingerprint density at radius 3 is 2.36 bits per heavy atom. The molecule has 0 unspecified atom stereocenters. The van der Waals surface area contributed by atoms with Gasteiger partial charge in [-0.05, 0) is 19.9 Å². The van der Waals surface area contributed by atoms with Crippen LogP contribution in [0, 0.1) is 5.41 Å². The highest BCUT2D eigenvalue weighted by Gasteiger charge is 2.11. The molecule has 0 aromatic heterocycles. The first-order valence-electron chi connectivity index (χ1n) is 3.70. The second-order valence-electron chi connectivity index (χ2n) is 3.09. The van der Waals surface area contributed by atoms with Gasteiger partial charge in [0.1, 0.15) is 6.29 Å². The standard InChI is InChI=1S/C9H14O2/c1-4-8(11)5-6-9(2,3)7-10/h5-7H,4H2,1-3H3/b6-5+. The van der Waals surface area contributed by atoms with Crippen molar-refractivity contribution in [3.8, 4) is 0 Å².